The first-order valence-electron chi connectivity index (χ1n) is 6.87. The highest BCUT2D eigenvalue weighted by molar-refractivity contribution is 7.14. The summed E-state index contributed by atoms with van der Waals surface area (Å²) in [5, 5.41) is 12.1. The third-order valence-electron chi connectivity index (χ3n) is 3.11. The molecule has 1 aromatic rings. The monoisotopic (exact) mass is 346 g/mol. The zero-order valence-corrected chi connectivity index (χ0v) is 14.0. The average Bonchev–Trinajstić information content (AvgIpc) is 3.07. The lowest BCUT2D eigenvalue weighted by molar-refractivity contribution is 0.0733. The van der Waals surface area contributed by atoms with E-state index in [1.807, 2.05) is 13.8 Å². The molecule has 122 valence electrons. The van der Waals surface area contributed by atoms with Crippen molar-refractivity contribution < 1.29 is 9.53 Å². The Kier molecular flexibility index (Phi) is 5.57. The van der Waals surface area contributed by atoms with Gasteiger partial charge in [-0.1, -0.05) is 10.3 Å². The normalized spacial score (nSPS) is 16.9. The molecule has 3 heterocycles. The average molecular weight is 347 g/mol. The largest absolute Gasteiger partial charge is 0.489 e. The fraction of sp³-hybridized carbons (Fsp3) is 0.583. The molecule has 22 heavy (non-hydrogen) atoms. The van der Waals surface area contributed by atoms with Crippen LogP contribution in [0.25, 0.3) is 0 Å². The highest BCUT2D eigenvalue weighted by Gasteiger charge is 2.27. The van der Waals surface area contributed by atoms with E-state index in [0.717, 1.165) is 25.1 Å². The second-order valence-electron chi connectivity index (χ2n) is 5.11. The van der Waals surface area contributed by atoms with Crippen LogP contribution in [0.4, 0.5) is 0 Å². The Labute approximate surface area is 138 Å². The smallest absolute Gasteiger partial charge is 0.280 e. The molecule has 3 N–H and O–H groups in total. The maximum Gasteiger partial charge on any atom is 0.280 e. The summed E-state index contributed by atoms with van der Waals surface area (Å²) in [5.74, 6) is 0.493. The van der Waals surface area contributed by atoms with Crippen LogP contribution in [0.1, 0.15) is 34.0 Å². The van der Waals surface area contributed by atoms with E-state index >= 15 is 0 Å². The zero-order chi connectivity index (χ0) is 14.8. The molecule has 0 aliphatic carbocycles. The van der Waals surface area contributed by atoms with Crippen LogP contribution in [-0.2, 0) is 13.0 Å². The quantitative estimate of drug-likeness (QED) is 0.766. The molecule has 10 heteroatoms. The number of fused-ring (bicyclic) bond motifs is 1. The van der Waals surface area contributed by atoms with Gasteiger partial charge in [-0.3, -0.25) is 10.2 Å². The number of hydrogen-bond donors (Lipinski definition) is 3. The van der Waals surface area contributed by atoms with E-state index < -0.39 is 0 Å². The molecule has 0 saturated carbocycles. The van der Waals surface area contributed by atoms with Crippen LogP contribution in [0, 0.1) is 0 Å². The van der Waals surface area contributed by atoms with E-state index in [0.29, 0.717) is 17.3 Å². The Hall–Kier alpha value is -1.42. The van der Waals surface area contributed by atoms with Gasteiger partial charge in [0.15, 0.2) is 6.67 Å². The lowest BCUT2D eigenvalue weighted by Gasteiger charge is -2.17. The number of halogens is 1. The van der Waals surface area contributed by atoms with Crippen LogP contribution < -0.4 is 21.0 Å². The summed E-state index contributed by atoms with van der Waals surface area (Å²) in [5.41, 5.74) is 6.42. The van der Waals surface area contributed by atoms with Crippen LogP contribution in [0.2, 0.25) is 0 Å². The standard InChI is InChI=1S/C12H18N6O2S.ClH/c1-7(2)20-10-8-5-13-4-3-9(8)21-11(10)12(19)15-18-6-14-16-17-18;/h7,13H,3-6H2,1-2H3,(H,14,17)(H,15,19);1H. The number of carbonyl (C=O) groups is 1. The van der Waals surface area contributed by atoms with E-state index in [4.69, 9.17) is 4.74 Å². The molecule has 0 radical (unpaired) electrons. The number of thiophene rings is 1. The molecule has 0 unspecified atom stereocenters. The van der Waals surface area contributed by atoms with Crippen LogP contribution >= 0.6 is 23.7 Å². The molecule has 0 fully saturated rings. The second kappa shape index (κ2) is 7.23. The van der Waals surface area contributed by atoms with Crippen molar-refractivity contribution in [3.8, 4) is 5.75 Å². The predicted octanol–water partition coefficient (Wildman–Crippen LogP) is 1.39. The minimum absolute atomic E-state index is 0. The number of hydrazine groups is 2. The molecule has 2 aliphatic rings. The molecule has 0 spiro atoms. The summed E-state index contributed by atoms with van der Waals surface area (Å²) in [4.78, 5) is 14.3. The van der Waals surface area contributed by atoms with Crippen LogP contribution in [0.15, 0.2) is 10.3 Å². The minimum atomic E-state index is -0.204. The van der Waals surface area contributed by atoms with E-state index in [9.17, 15) is 4.79 Å². The van der Waals surface area contributed by atoms with Gasteiger partial charge in [0.25, 0.3) is 5.91 Å². The molecule has 0 aromatic carbocycles. The molecule has 3 rings (SSSR count). The Morgan fingerprint density at radius 1 is 1.50 bits per heavy atom. The van der Waals surface area contributed by atoms with Crippen molar-refractivity contribution in [2.24, 2.45) is 10.3 Å². The van der Waals surface area contributed by atoms with Gasteiger partial charge in [-0.05, 0) is 20.3 Å². The van der Waals surface area contributed by atoms with Crippen molar-refractivity contribution in [2.45, 2.75) is 32.9 Å². The summed E-state index contributed by atoms with van der Waals surface area (Å²) in [6.45, 7) is 5.89. The Balaban J connectivity index is 0.00000176. The number of nitrogens with zero attached hydrogens (tertiary/aromatic N) is 3. The lowest BCUT2D eigenvalue weighted by atomic mass is 10.1. The van der Waals surface area contributed by atoms with Crippen LogP contribution in [0.3, 0.4) is 0 Å². The first-order chi connectivity index (χ1) is 10.1. The third-order valence-corrected chi connectivity index (χ3v) is 4.38. The molecule has 1 amide bonds. The van der Waals surface area contributed by atoms with Gasteiger partial charge in [0.1, 0.15) is 10.6 Å². The van der Waals surface area contributed by atoms with Gasteiger partial charge in [0, 0.05) is 23.5 Å². The maximum absolute atomic E-state index is 12.5. The first kappa shape index (κ1) is 16.9. The first-order valence-corrected chi connectivity index (χ1v) is 7.69. The second-order valence-corrected chi connectivity index (χ2v) is 6.21. The number of ether oxygens (including phenoxy) is 1. The fourth-order valence-corrected chi connectivity index (χ4v) is 3.39. The topological polar surface area (TPSA) is 90.3 Å². The van der Waals surface area contributed by atoms with Gasteiger partial charge < -0.3 is 10.1 Å². The molecule has 2 aliphatic heterocycles. The molecular weight excluding hydrogens is 328 g/mol. The van der Waals surface area contributed by atoms with Gasteiger partial charge in [-0.15, -0.1) is 23.7 Å². The summed E-state index contributed by atoms with van der Waals surface area (Å²) >= 11 is 1.50. The Bertz CT molecular complexity index is 568. The molecular formula is C12H19ClN6O2S. The van der Waals surface area contributed by atoms with Crippen LogP contribution in [-0.4, -0.2) is 30.3 Å². The van der Waals surface area contributed by atoms with Gasteiger partial charge in [0.2, 0.25) is 0 Å². The van der Waals surface area contributed by atoms with Gasteiger partial charge >= 0.3 is 0 Å². The van der Waals surface area contributed by atoms with Crippen molar-refractivity contribution >= 4 is 29.7 Å². The van der Waals surface area contributed by atoms with Crippen molar-refractivity contribution in [1.29, 1.82) is 0 Å². The highest BCUT2D eigenvalue weighted by Crippen LogP contribution is 2.38. The molecule has 0 atom stereocenters. The van der Waals surface area contributed by atoms with Gasteiger partial charge in [-0.2, -0.15) is 5.11 Å². The number of amides is 1. The van der Waals surface area contributed by atoms with E-state index in [2.05, 4.69) is 26.6 Å². The van der Waals surface area contributed by atoms with E-state index in [1.54, 1.807) is 0 Å². The van der Waals surface area contributed by atoms with Crippen molar-refractivity contribution in [3.05, 3.63) is 15.3 Å². The van der Waals surface area contributed by atoms with Crippen molar-refractivity contribution in [1.82, 2.24) is 21.4 Å². The molecule has 1 aromatic heterocycles. The van der Waals surface area contributed by atoms with Gasteiger partial charge in [0.05, 0.1) is 6.10 Å². The fourth-order valence-electron chi connectivity index (χ4n) is 2.25. The zero-order valence-electron chi connectivity index (χ0n) is 12.4. The molecule has 0 saturated heterocycles. The minimum Gasteiger partial charge on any atom is -0.489 e. The predicted molar refractivity (Wildman–Crippen MR) is 84.9 cm³/mol. The lowest BCUT2D eigenvalue weighted by Crippen LogP contribution is -2.45. The SMILES string of the molecule is CC(C)Oc1c(C(=O)NN2CN=NN2)sc2c1CNCC2.Cl. The maximum atomic E-state index is 12.5. The number of nitrogens with one attached hydrogen (secondary N) is 3. The Morgan fingerprint density at radius 3 is 3.00 bits per heavy atom. The summed E-state index contributed by atoms with van der Waals surface area (Å²) < 4.78 is 5.89. The Morgan fingerprint density at radius 2 is 2.32 bits per heavy atom. The molecule has 8 nitrogen and oxygen atoms in total. The summed E-state index contributed by atoms with van der Waals surface area (Å²) in [6.07, 6.45) is 0.945. The third kappa shape index (κ3) is 3.49. The van der Waals surface area contributed by atoms with E-state index in [-0.39, 0.29) is 24.4 Å². The van der Waals surface area contributed by atoms with E-state index in [1.165, 1.54) is 21.3 Å². The number of hydrogen-bond acceptors (Lipinski definition) is 8. The number of carbonyl (C=O) groups excluding carboxylic acids is 1. The summed E-state index contributed by atoms with van der Waals surface area (Å²) in [7, 11) is 0. The van der Waals surface area contributed by atoms with Crippen molar-refractivity contribution in [3.63, 3.8) is 0 Å². The molecule has 0 bridgehead atoms. The number of rotatable bonds is 4. The summed E-state index contributed by atoms with van der Waals surface area (Å²) in [6, 6.07) is 0. The highest BCUT2D eigenvalue weighted by atomic mass is 35.5. The van der Waals surface area contributed by atoms with Crippen molar-refractivity contribution in [2.75, 3.05) is 13.2 Å². The van der Waals surface area contributed by atoms with Gasteiger partial charge in [-0.25, -0.2) is 5.53 Å². The van der Waals surface area contributed by atoms with Crippen LogP contribution in [0.5, 0.6) is 5.75 Å².